The number of hydrogen-bond donors (Lipinski definition) is 2. The van der Waals surface area contributed by atoms with Gasteiger partial charge >= 0.3 is 12.0 Å². The molecule has 114 valence electrons. The van der Waals surface area contributed by atoms with Gasteiger partial charge in [0.25, 0.3) is 0 Å². The van der Waals surface area contributed by atoms with Crippen LogP contribution in [0.2, 0.25) is 0 Å². The van der Waals surface area contributed by atoms with Crippen molar-refractivity contribution in [1.82, 2.24) is 9.80 Å². The van der Waals surface area contributed by atoms with E-state index in [1.54, 1.807) is 4.90 Å². The summed E-state index contributed by atoms with van der Waals surface area (Å²) in [5, 5.41) is 18.8. The summed E-state index contributed by atoms with van der Waals surface area (Å²) in [6.45, 7) is 5.31. The van der Waals surface area contributed by atoms with E-state index in [9.17, 15) is 14.7 Å². The average molecular weight is 284 g/mol. The largest absolute Gasteiger partial charge is 0.480 e. The van der Waals surface area contributed by atoms with Crippen LogP contribution in [0.5, 0.6) is 0 Å². The lowest BCUT2D eigenvalue weighted by Crippen LogP contribution is -2.46. The van der Waals surface area contributed by atoms with E-state index < -0.39 is 5.97 Å². The van der Waals surface area contributed by atoms with E-state index in [0.717, 1.165) is 12.8 Å². The first-order valence-corrected chi connectivity index (χ1v) is 7.32. The molecule has 20 heavy (non-hydrogen) atoms. The summed E-state index contributed by atoms with van der Waals surface area (Å²) in [4.78, 5) is 26.5. The molecule has 0 aromatic rings. The number of rotatable bonds is 4. The third-order valence-corrected chi connectivity index (χ3v) is 4.27. The van der Waals surface area contributed by atoms with Crippen LogP contribution in [0.25, 0.3) is 0 Å². The van der Waals surface area contributed by atoms with Crippen molar-refractivity contribution in [1.29, 1.82) is 0 Å². The Bertz CT molecular complexity index is 385. The van der Waals surface area contributed by atoms with E-state index in [0.29, 0.717) is 25.6 Å². The highest BCUT2D eigenvalue weighted by Crippen LogP contribution is 2.38. The molecule has 2 aliphatic rings. The number of urea groups is 1. The van der Waals surface area contributed by atoms with Crippen LogP contribution in [-0.4, -0.2) is 64.3 Å². The number of aliphatic hydroxyl groups is 1. The minimum atomic E-state index is -0.988. The average Bonchev–Trinajstić information content (AvgIpc) is 2.89. The smallest absolute Gasteiger partial charge is 0.323 e. The molecule has 0 bridgehead atoms. The third-order valence-electron chi connectivity index (χ3n) is 4.27. The normalized spacial score (nSPS) is 28.8. The fourth-order valence-electron chi connectivity index (χ4n) is 3.41. The van der Waals surface area contributed by atoms with Crippen LogP contribution in [0.1, 0.15) is 26.7 Å². The van der Waals surface area contributed by atoms with Crippen molar-refractivity contribution >= 4 is 12.0 Å². The molecule has 0 aromatic carbocycles. The van der Waals surface area contributed by atoms with Crippen molar-refractivity contribution in [2.24, 2.45) is 17.8 Å². The molecule has 2 rings (SSSR count). The summed E-state index contributed by atoms with van der Waals surface area (Å²) in [7, 11) is 0. The van der Waals surface area contributed by atoms with E-state index >= 15 is 0 Å². The van der Waals surface area contributed by atoms with Crippen LogP contribution in [0, 0.1) is 17.8 Å². The molecule has 1 saturated heterocycles. The topological polar surface area (TPSA) is 81.1 Å². The monoisotopic (exact) mass is 284 g/mol. The highest BCUT2D eigenvalue weighted by molar-refractivity contribution is 5.80. The Kier molecular flexibility index (Phi) is 4.52. The van der Waals surface area contributed by atoms with E-state index in [2.05, 4.69) is 0 Å². The summed E-state index contributed by atoms with van der Waals surface area (Å²) < 4.78 is 0. The number of amides is 2. The molecule has 1 aliphatic carbocycles. The van der Waals surface area contributed by atoms with Gasteiger partial charge in [-0.25, -0.2) is 4.79 Å². The standard InChI is InChI=1S/C14H24N2O4/c1-9(2)5-15(8-13(18)19)14(20)16-6-10-3-4-12(17)11(10)7-16/h9-12,17H,3-8H2,1-2H3,(H,18,19). The van der Waals surface area contributed by atoms with Gasteiger partial charge in [-0.3, -0.25) is 4.79 Å². The molecule has 1 heterocycles. The summed E-state index contributed by atoms with van der Waals surface area (Å²) in [6, 6.07) is -0.206. The molecule has 6 heteroatoms. The molecule has 1 saturated carbocycles. The predicted molar refractivity (Wildman–Crippen MR) is 73.2 cm³/mol. The molecule has 3 unspecified atom stereocenters. The Morgan fingerprint density at radius 1 is 1.30 bits per heavy atom. The van der Waals surface area contributed by atoms with Gasteiger partial charge in [0.1, 0.15) is 6.54 Å². The van der Waals surface area contributed by atoms with Gasteiger partial charge in [-0.05, 0) is 24.7 Å². The highest BCUT2D eigenvalue weighted by atomic mass is 16.4. The maximum absolute atomic E-state index is 12.5. The quantitative estimate of drug-likeness (QED) is 0.802. The number of carbonyl (C=O) groups excluding carboxylic acids is 1. The summed E-state index contributed by atoms with van der Waals surface area (Å²) in [5.74, 6) is -0.214. The lowest BCUT2D eigenvalue weighted by atomic mass is 10.00. The Balaban J connectivity index is 1.99. The fraction of sp³-hybridized carbons (Fsp3) is 0.857. The van der Waals surface area contributed by atoms with Gasteiger partial charge in [0.2, 0.25) is 0 Å². The van der Waals surface area contributed by atoms with Gasteiger partial charge in [0.05, 0.1) is 6.10 Å². The van der Waals surface area contributed by atoms with Crippen LogP contribution in [0.4, 0.5) is 4.79 Å². The number of aliphatic hydroxyl groups excluding tert-OH is 1. The fourth-order valence-corrected chi connectivity index (χ4v) is 3.41. The summed E-state index contributed by atoms with van der Waals surface area (Å²) in [6.07, 6.45) is 1.47. The van der Waals surface area contributed by atoms with Crippen LogP contribution in [0.3, 0.4) is 0 Å². The molecular weight excluding hydrogens is 260 g/mol. The Morgan fingerprint density at radius 3 is 2.55 bits per heavy atom. The molecule has 0 aromatic heterocycles. The maximum Gasteiger partial charge on any atom is 0.323 e. The molecule has 2 fully saturated rings. The van der Waals surface area contributed by atoms with Crippen molar-refractivity contribution in [3.8, 4) is 0 Å². The van der Waals surface area contributed by atoms with Crippen molar-refractivity contribution < 1.29 is 19.8 Å². The molecule has 2 amide bonds. The molecule has 1 aliphatic heterocycles. The first-order chi connectivity index (χ1) is 9.38. The van der Waals surface area contributed by atoms with Crippen molar-refractivity contribution in [2.75, 3.05) is 26.2 Å². The Hall–Kier alpha value is -1.30. The number of carbonyl (C=O) groups is 2. The number of fused-ring (bicyclic) bond motifs is 1. The SMILES string of the molecule is CC(C)CN(CC(=O)O)C(=O)N1CC2CCC(O)C2C1. The number of carboxylic acid groups (broad SMARTS) is 1. The third kappa shape index (κ3) is 3.23. The van der Waals surface area contributed by atoms with Gasteiger partial charge in [-0.2, -0.15) is 0 Å². The zero-order valence-corrected chi connectivity index (χ0v) is 12.2. The first kappa shape index (κ1) is 15.1. The molecule has 0 radical (unpaired) electrons. The number of aliphatic carboxylic acids is 1. The Morgan fingerprint density at radius 2 is 2.00 bits per heavy atom. The van der Waals surface area contributed by atoms with E-state index in [-0.39, 0.29) is 30.5 Å². The summed E-state index contributed by atoms with van der Waals surface area (Å²) in [5.41, 5.74) is 0. The van der Waals surface area contributed by atoms with Gasteiger partial charge in [-0.1, -0.05) is 13.8 Å². The molecule has 0 spiro atoms. The molecule has 6 nitrogen and oxygen atoms in total. The zero-order chi connectivity index (χ0) is 14.9. The lowest BCUT2D eigenvalue weighted by Gasteiger charge is -2.28. The maximum atomic E-state index is 12.5. The van der Waals surface area contributed by atoms with Gasteiger partial charge in [0, 0.05) is 25.6 Å². The van der Waals surface area contributed by atoms with Crippen LogP contribution in [0.15, 0.2) is 0 Å². The van der Waals surface area contributed by atoms with Gasteiger partial charge in [-0.15, -0.1) is 0 Å². The number of hydrogen-bond acceptors (Lipinski definition) is 3. The minimum Gasteiger partial charge on any atom is -0.480 e. The number of likely N-dealkylation sites (tertiary alicyclic amines) is 1. The lowest BCUT2D eigenvalue weighted by molar-refractivity contribution is -0.137. The number of carboxylic acids is 1. The van der Waals surface area contributed by atoms with E-state index in [1.165, 1.54) is 4.90 Å². The Labute approximate surface area is 119 Å². The van der Waals surface area contributed by atoms with Crippen LogP contribution in [-0.2, 0) is 4.79 Å². The van der Waals surface area contributed by atoms with Crippen molar-refractivity contribution in [3.05, 3.63) is 0 Å². The predicted octanol–water partition coefficient (Wildman–Crippen LogP) is 0.852. The molecular formula is C14H24N2O4. The van der Waals surface area contributed by atoms with Crippen LogP contribution >= 0.6 is 0 Å². The second-order valence-corrected chi connectivity index (χ2v) is 6.42. The second kappa shape index (κ2) is 5.99. The first-order valence-electron chi connectivity index (χ1n) is 7.32. The second-order valence-electron chi connectivity index (χ2n) is 6.42. The van der Waals surface area contributed by atoms with E-state index in [1.807, 2.05) is 13.8 Å². The van der Waals surface area contributed by atoms with Gasteiger partial charge in [0.15, 0.2) is 0 Å². The molecule has 2 N–H and O–H groups in total. The molecule has 3 atom stereocenters. The minimum absolute atomic E-state index is 0.171. The zero-order valence-electron chi connectivity index (χ0n) is 12.2. The summed E-state index contributed by atoms with van der Waals surface area (Å²) >= 11 is 0. The van der Waals surface area contributed by atoms with E-state index in [4.69, 9.17) is 5.11 Å². The number of nitrogens with zero attached hydrogens (tertiary/aromatic N) is 2. The van der Waals surface area contributed by atoms with Crippen molar-refractivity contribution in [3.63, 3.8) is 0 Å². The van der Waals surface area contributed by atoms with Crippen molar-refractivity contribution in [2.45, 2.75) is 32.8 Å². The van der Waals surface area contributed by atoms with Gasteiger partial charge < -0.3 is 20.0 Å². The highest BCUT2D eigenvalue weighted by Gasteiger charge is 2.44. The van der Waals surface area contributed by atoms with Crippen LogP contribution < -0.4 is 0 Å².